The molecule has 0 aromatic carbocycles. The van der Waals surface area contributed by atoms with Gasteiger partial charge < -0.3 is 5.11 Å². The fourth-order valence-electron chi connectivity index (χ4n) is 1.03. The first kappa shape index (κ1) is 8.32. The number of nitriles is 1. The lowest BCUT2D eigenvalue weighted by Gasteiger charge is -2.12. The van der Waals surface area contributed by atoms with Crippen molar-refractivity contribution < 1.29 is 5.11 Å². The smallest absolute Gasteiger partial charge is 0.0988 e. The monoisotopic (exact) mass is 169 g/mol. The minimum atomic E-state index is 0.0159. The number of hydrogen-bond donors (Lipinski definition) is 1. The van der Waals surface area contributed by atoms with Crippen molar-refractivity contribution in [2.24, 2.45) is 5.92 Å². The topological polar surface area (TPSA) is 44.0 Å². The van der Waals surface area contributed by atoms with Crippen molar-refractivity contribution in [2.75, 3.05) is 6.61 Å². The highest BCUT2D eigenvalue weighted by Crippen LogP contribution is 2.24. The lowest BCUT2D eigenvalue weighted by atomic mass is 9.97. The minimum Gasteiger partial charge on any atom is -0.396 e. The van der Waals surface area contributed by atoms with Gasteiger partial charge in [-0.2, -0.15) is 5.26 Å². The average molecular weight is 170 g/mol. The second-order valence-corrected chi connectivity index (χ2v) is 2.96. The molecule has 2 nitrogen and oxygen atoms in total. The van der Waals surface area contributed by atoms with Crippen molar-refractivity contribution in [3.63, 3.8) is 0 Å². The van der Waals surface area contributed by atoms with Crippen molar-refractivity contribution in [1.29, 1.82) is 5.26 Å². The molecule has 0 amide bonds. The quantitative estimate of drug-likeness (QED) is 0.648. The highest BCUT2D eigenvalue weighted by molar-refractivity contribution is 6.29. The fourth-order valence-corrected chi connectivity index (χ4v) is 1.34. The molecule has 0 aliphatic heterocycles. The molecule has 0 bridgehead atoms. The van der Waals surface area contributed by atoms with Crippen LogP contribution in [0.3, 0.4) is 0 Å². The van der Waals surface area contributed by atoms with E-state index in [1.54, 1.807) is 12.2 Å². The highest BCUT2D eigenvalue weighted by Gasteiger charge is 2.12. The first-order chi connectivity index (χ1) is 5.26. The van der Waals surface area contributed by atoms with Crippen molar-refractivity contribution in [1.82, 2.24) is 0 Å². The zero-order chi connectivity index (χ0) is 8.27. The molecule has 1 aliphatic rings. The Balaban J connectivity index is 2.79. The predicted octanol–water partition coefficient (Wildman–Crippen LogP) is 1.57. The molecule has 1 N–H and O–H groups in total. The molecule has 1 aliphatic carbocycles. The molecule has 1 atom stereocenters. The number of allylic oxidation sites excluding steroid dienone is 3. The number of rotatable bonds is 1. The van der Waals surface area contributed by atoms with Crippen molar-refractivity contribution in [2.45, 2.75) is 6.42 Å². The van der Waals surface area contributed by atoms with Crippen LogP contribution in [-0.4, -0.2) is 11.7 Å². The van der Waals surface area contributed by atoms with E-state index in [0.717, 1.165) is 0 Å². The Hall–Kier alpha value is -0.780. The molecule has 0 fully saturated rings. The molecule has 3 heteroatoms. The molecule has 58 valence electrons. The molecule has 0 saturated carbocycles. The van der Waals surface area contributed by atoms with Gasteiger partial charge >= 0.3 is 0 Å². The van der Waals surface area contributed by atoms with Gasteiger partial charge in [0.15, 0.2) is 0 Å². The van der Waals surface area contributed by atoms with Gasteiger partial charge in [-0.3, -0.25) is 0 Å². The Morgan fingerprint density at radius 3 is 3.09 bits per heavy atom. The minimum absolute atomic E-state index is 0.0159. The molecule has 0 spiro atoms. The second-order valence-electron chi connectivity index (χ2n) is 2.47. The van der Waals surface area contributed by atoms with Crippen LogP contribution in [-0.2, 0) is 0 Å². The Morgan fingerprint density at radius 2 is 2.55 bits per heavy atom. The van der Waals surface area contributed by atoms with Crippen LogP contribution in [0.2, 0.25) is 0 Å². The van der Waals surface area contributed by atoms with E-state index >= 15 is 0 Å². The molecule has 1 rings (SSSR count). The van der Waals surface area contributed by atoms with E-state index in [-0.39, 0.29) is 12.5 Å². The molecule has 0 aromatic heterocycles. The molecule has 0 saturated heterocycles. The summed E-state index contributed by atoms with van der Waals surface area (Å²) < 4.78 is 0. The van der Waals surface area contributed by atoms with E-state index in [9.17, 15) is 0 Å². The van der Waals surface area contributed by atoms with Gasteiger partial charge in [-0.25, -0.2) is 0 Å². The van der Waals surface area contributed by atoms with E-state index in [4.69, 9.17) is 22.0 Å². The Kier molecular flexibility index (Phi) is 2.70. The van der Waals surface area contributed by atoms with Gasteiger partial charge in [0.2, 0.25) is 0 Å². The Morgan fingerprint density at radius 1 is 1.82 bits per heavy atom. The van der Waals surface area contributed by atoms with Crippen LogP contribution in [0.15, 0.2) is 22.8 Å². The van der Waals surface area contributed by atoms with Crippen molar-refractivity contribution in [3.05, 3.63) is 22.8 Å². The van der Waals surface area contributed by atoms with Crippen LogP contribution in [0, 0.1) is 17.2 Å². The summed E-state index contributed by atoms with van der Waals surface area (Å²) in [5, 5.41) is 17.9. The number of nitrogens with zero attached hydrogens (tertiary/aromatic N) is 1. The normalized spacial score (nSPS) is 23.5. The largest absolute Gasteiger partial charge is 0.396 e. The van der Waals surface area contributed by atoms with Crippen LogP contribution in [0.5, 0.6) is 0 Å². The van der Waals surface area contributed by atoms with E-state index in [0.29, 0.717) is 17.0 Å². The Labute approximate surface area is 70.4 Å². The summed E-state index contributed by atoms with van der Waals surface area (Å²) in [5.41, 5.74) is 0.542. The van der Waals surface area contributed by atoms with Gasteiger partial charge in [-0.05, 0) is 12.5 Å². The number of aliphatic hydroxyl groups excluding tert-OH is 1. The van der Waals surface area contributed by atoms with E-state index in [1.165, 1.54) is 0 Å². The molecule has 0 aromatic rings. The lowest BCUT2D eigenvalue weighted by Crippen LogP contribution is -2.06. The standard InChI is InChI=1S/C8H8ClNO/c9-8-2-6(4-10)1-7(3-8)5-11/h1-2,7,11H,3,5H2. The van der Waals surface area contributed by atoms with Crippen LogP contribution in [0.25, 0.3) is 0 Å². The van der Waals surface area contributed by atoms with Crippen molar-refractivity contribution in [3.8, 4) is 6.07 Å². The molecule has 0 heterocycles. The van der Waals surface area contributed by atoms with Crippen LogP contribution in [0.1, 0.15) is 6.42 Å². The van der Waals surface area contributed by atoms with Crippen LogP contribution in [0.4, 0.5) is 0 Å². The summed E-state index contributed by atoms with van der Waals surface area (Å²) in [7, 11) is 0. The molecular weight excluding hydrogens is 162 g/mol. The molecule has 1 unspecified atom stereocenters. The summed E-state index contributed by atoms with van der Waals surface area (Å²) >= 11 is 5.72. The van der Waals surface area contributed by atoms with Gasteiger partial charge in [-0.1, -0.05) is 17.7 Å². The van der Waals surface area contributed by atoms with E-state index in [1.807, 2.05) is 6.07 Å². The number of aliphatic hydroxyl groups is 1. The third kappa shape index (κ3) is 2.07. The molecule has 0 radical (unpaired) electrons. The maximum Gasteiger partial charge on any atom is 0.0988 e. The van der Waals surface area contributed by atoms with Crippen molar-refractivity contribution >= 4 is 11.6 Å². The second kappa shape index (κ2) is 3.56. The van der Waals surface area contributed by atoms with Gasteiger partial charge in [0.25, 0.3) is 0 Å². The molecular formula is C8H8ClNO. The van der Waals surface area contributed by atoms with Gasteiger partial charge in [0.05, 0.1) is 6.07 Å². The van der Waals surface area contributed by atoms with Crippen LogP contribution < -0.4 is 0 Å². The number of hydrogen-bond acceptors (Lipinski definition) is 2. The molecule has 11 heavy (non-hydrogen) atoms. The predicted molar refractivity (Wildman–Crippen MR) is 42.8 cm³/mol. The summed E-state index contributed by atoms with van der Waals surface area (Å²) in [6.07, 6.45) is 4.02. The SMILES string of the molecule is N#CC1=CC(CO)CC(Cl)=C1. The fraction of sp³-hybridized carbons (Fsp3) is 0.375. The van der Waals surface area contributed by atoms with Gasteiger partial charge in [0, 0.05) is 23.1 Å². The lowest BCUT2D eigenvalue weighted by molar-refractivity contribution is 0.252. The Bertz CT molecular complexity index is 249. The van der Waals surface area contributed by atoms with Gasteiger partial charge in [0.1, 0.15) is 0 Å². The third-order valence-electron chi connectivity index (χ3n) is 1.55. The third-order valence-corrected chi connectivity index (χ3v) is 1.81. The zero-order valence-electron chi connectivity index (χ0n) is 5.92. The summed E-state index contributed by atoms with van der Waals surface area (Å²) in [6, 6.07) is 1.99. The zero-order valence-corrected chi connectivity index (χ0v) is 6.67. The van der Waals surface area contributed by atoms with Crippen LogP contribution >= 0.6 is 11.6 Å². The maximum atomic E-state index is 8.78. The summed E-state index contributed by atoms with van der Waals surface area (Å²) in [4.78, 5) is 0. The number of halogens is 1. The highest BCUT2D eigenvalue weighted by atomic mass is 35.5. The maximum absolute atomic E-state index is 8.78. The average Bonchev–Trinajstić information content (AvgIpc) is 2.03. The summed E-state index contributed by atoms with van der Waals surface area (Å²) in [6.45, 7) is 0.0508. The van der Waals surface area contributed by atoms with E-state index in [2.05, 4.69) is 0 Å². The first-order valence-electron chi connectivity index (χ1n) is 3.35. The summed E-state index contributed by atoms with van der Waals surface area (Å²) in [5.74, 6) is 0.0159. The first-order valence-corrected chi connectivity index (χ1v) is 3.73. The van der Waals surface area contributed by atoms with E-state index < -0.39 is 0 Å². The van der Waals surface area contributed by atoms with Gasteiger partial charge in [-0.15, -0.1) is 0 Å².